The zero-order valence-corrected chi connectivity index (χ0v) is 23.2. The minimum absolute atomic E-state index is 0.0606. The number of ketones is 1. The fourth-order valence-corrected chi connectivity index (χ4v) is 7.30. The normalized spacial score (nSPS) is 23.6. The van der Waals surface area contributed by atoms with Gasteiger partial charge in [0.15, 0.2) is 5.78 Å². The lowest BCUT2D eigenvalue weighted by Crippen LogP contribution is -2.61. The second kappa shape index (κ2) is 10.5. The largest absolute Gasteiger partial charge is 0.496 e. The number of methoxy groups -OCH3 is 1. The Bertz CT molecular complexity index is 1440. The van der Waals surface area contributed by atoms with Crippen molar-refractivity contribution in [3.63, 3.8) is 0 Å². The van der Waals surface area contributed by atoms with E-state index in [4.69, 9.17) is 24.4 Å². The van der Waals surface area contributed by atoms with Crippen molar-refractivity contribution < 1.29 is 33.0 Å². The fraction of sp³-hybridized carbons (Fsp3) is 0.448. The highest BCUT2D eigenvalue weighted by atomic mass is 32.1. The topological polar surface area (TPSA) is 134 Å². The van der Waals surface area contributed by atoms with Crippen LogP contribution in [0.4, 0.5) is 5.00 Å². The van der Waals surface area contributed by atoms with Gasteiger partial charge < -0.3 is 24.4 Å². The number of fused-ring (bicyclic) bond motifs is 1. The number of hydrogen-bond acceptors (Lipinski definition) is 9. The highest BCUT2D eigenvalue weighted by Crippen LogP contribution is 2.57. The summed E-state index contributed by atoms with van der Waals surface area (Å²) < 4.78 is 23.4. The number of nitrogens with two attached hydrogens (primary N) is 1. The Kier molecular flexibility index (Phi) is 6.97. The predicted octanol–water partition coefficient (Wildman–Crippen LogP) is 4.07. The molecule has 1 aromatic carbocycles. The molecule has 4 heterocycles. The molecule has 11 heteroatoms. The number of para-hydroxylation sites is 1. The lowest BCUT2D eigenvalue weighted by atomic mass is 9.56. The van der Waals surface area contributed by atoms with E-state index < -0.39 is 23.3 Å². The number of primary amides is 1. The minimum Gasteiger partial charge on any atom is -0.496 e. The molecule has 0 unspecified atom stereocenters. The van der Waals surface area contributed by atoms with Gasteiger partial charge in [0.2, 0.25) is 17.7 Å². The van der Waals surface area contributed by atoms with Gasteiger partial charge in [0.1, 0.15) is 28.5 Å². The molecule has 6 rings (SSSR count). The summed E-state index contributed by atoms with van der Waals surface area (Å²) >= 11 is 1.30. The van der Waals surface area contributed by atoms with Crippen LogP contribution in [0.5, 0.6) is 5.75 Å². The van der Waals surface area contributed by atoms with Crippen LogP contribution < -0.4 is 15.4 Å². The predicted molar refractivity (Wildman–Crippen MR) is 146 cm³/mol. The molecule has 2 aliphatic heterocycles. The van der Waals surface area contributed by atoms with Crippen LogP contribution >= 0.6 is 11.3 Å². The van der Waals surface area contributed by atoms with Gasteiger partial charge in [0.25, 0.3) is 0 Å². The molecule has 2 aromatic heterocycles. The molecule has 0 bridgehead atoms. The van der Waals surface area contributed by atoms with E-state index in [1.54, 1.807) is 18.2 Å². The second-order valence-electron chi connectivity index (χ2n) is 10.6. The van der Waals surface area contributed by atoms with E-state index in [-0.39, 0.29) is 37.2 Å². The maximum absolute atomic E-state index is 14.3. The summed E-state index contributed by atoms with van der Waals surface area (Å²) in [5.74, 6) is -0.597. The number of ether oxygens (including phenoxy) is 3. The minimum atomic E-state index is -1.34. The summed E-state index contributed by atoms with van der Waals surface area (Å²) in [7, 11) is 1.60. The second-order valence-corrected chi connectivity index (χ2v) is 11.6. The van der Waals surface area contributed by atoms with E-state index in [9.17, 15) is 14.4 Å². The number of Topliss-reactive ketones (excluding diaryl/α,β-unsaturated/α-hetero) is 1. The molecular weight excluding hydrogens is 534 g/mol. The van der Waals surface area contributed by atoms with Crippen LogP contribution in [-0.2, 0) is 19.1 Å². The van der Waals surface area contributed by atoms with E-state index in [1.165, 1.54) is 17.6 Å². The Morgan fingerprint density at radius 2 is 2.00 bits per heavy atom. The summed E-state index contributed by atoms with van der Waals surface area (Å²) in [5, 5.41) is 0.532. The number of carbonyl (C=O) groups excluding carboxylic acids is 3. The number of amides is 2. The molecule has 3 aromatic rings. The smallest absolute Gasteiger partial charge is 0.241 e. The molecule has 2 amide bonds. The van der Waals surface area contributed by atoms with Gasteiger partial charge in [-0.25, -0.2) is 4.98 Å². The summed E-state index contributed by atoms with van der Waals surface area (Å²) in [6.45, 7) is 3.21. The van der Waals surface area contributed by atoms with Gasteiger partial charge in [-0.05, 0) is 44.2 Å². The maximum Gasteiger partial charge on any atom is 0.241 e. The number of anilines is 1. The van der Waals surface area contributed by atoms with Crippen LogP contribution in [0.2, 0.25) is 0 Å². The molecule has 1 spiro atoms. The number of hydrogen-bond donors (Lipinski definition) is 1. The van der Waals surface area contributed by atoms with Crippen LogP contribution in [0.1, 0.15) is 53.3 Å². The van der Waals surface area contributed by atoms with Gasteiger partial charge >= 0.3 is 0 Å². The van der Waals surface area contributed by atoms with Crippen LogP contribution in [0, 0.1) is 18.3 Å². The van der Waals surface area contributed by atoms with Crippen molar-refractivity contribution in [2.45, 2.75) is 44.8 Å². The van der Waals surface area contributed by atoms with Crippen molar-refractivity contribution in [2.24, 2.45) is 17.1 Å². The number of rotatable bonds is 8. The third-order valence-corrected chi connectivity index (χ3v) is 9.57. The Morgan fingerprint density at radius 3 is 2.67 bits per heavy atom. The van der Waals surface area contributed by atoms with Gasteiger partial charge in [-0.3, -0.25) is 19.3 Å². The van der Waals surface area contributed by atoms with Crippen molar-refractivity contribution >= 4 is 33.9 Å². The molecule has 210 valence electrons. The zero-order valence-electron chi connectivity index (χ0n) is 22.4. The van der Waals surface area contributed by atoms with Gasteiger partial charge in [-0.2, -0.15) is 0 Å². The molecule has 2 N–H and O–H groups in total. The third kappa shape index (κ3) is 4.32. The first-order valence-corrected chi connectivity index (χ1v) is 14.2. The Morgan fingerprint density at radius 1 is 1.25 bits per heavy atom. The summed E-state index contributed by atoms with van der Waals surface area (Å²) in [6.07, 6.45) is 4.08. The lowest BCUT2D eigenvalue weighted by Gasteiger charge is -2.49. The van der Waals surface area contributed by atoms with Crippen molar-refractivity contribution in [3.05, 3.63) is 53.4 Å². The Labute approximate surface area is 235 Å². The summed E-state index contributed by atoms with van der Waals surface area (Å²) in [6, 6.07) is 7.59. The first-order valence-electron chi connectivity index (χ1n) is 13.4. The molecule has 1 atom stereocenters. The summed E-state index contributed by atoms with van der Waals surface area (Å²) in [4.78, 5) is 46.9. The molecule has 40 heavy (non-hydrogen) atoms. The molecule has 2 fully saturated rings. The van der Waals surface area contributed by atoms with E-state index in [0.29, 0.717) is 45.9 Å². The van der Waals surface area contributed by atoms with Gasteiger partial charge in [-0.15, -0.1) is 11.3 Å². The number of thiophene rings is 1. The number of oxazole rings is 1. The average molecular weight is 566 g/mol. The van der Waals surface area contributed by atoms with Crippen molar-refractivity contribution in [2.75, 3.05) is 31.8 Å². The van der Waals surface area contributed by atoms with E-state index in [0.717, 1.165) is 18.4 Å². The van der Waals surface area contributed by atoms with E-state index >= 15 is 0 Å². The maximum atomic E-state index is 14.3. The number of carbonyl (C=O) groups is 3. The van der Waals surface area contributed by atoms with Crippen LogP contribution in [0.15, 0.2) is 41.1 Å². The Balaban J connectivity index is 1.44. The molecule has 10 nitrogen and oxygen atoms in total. The van der Waals surface area contributed by atoms with Crippen LogP contribution in [-0.4, -0.2) is 55.6 Å². The highest BCUT2D eigenvalue weighted by Gasteiger charge is 2.62. The standard InChI is InChI=1S/C29H31N3O7S/c1-16-22-24(33)29(13-17(14-29)25(30)34)28(35)32(27(22)40-23(16)26-31-9-12-38-26)15-21(39-18-7-10-37-11-8-18)19-5-3-4-6-20(19)36-2/h3-6,9,12,17-18,21H,7-8,10-11,13-15H2,1-2H3,(H2,30,34)/t17-,21-,29+/m0/s1. The zero-order chi connectivity index (χ0) is 28.0. The first kappa shape index (κ1) is 26.7. The number of benzene rings is 1. The van der Waals surface area contributed by atoms with E-state index in [1.807, 2.05) is 31.2 Å². The molecule has 0 radical (unpaired) electrons. The molecular formula is C29H31N3O7S. The quantitative estimate of drug-likeness (QED) is 0.404. The molecule has 3 aliphatic rings. The van der Waals surface area contributed by atoms with Crippen molar-refractivity contribution in [1.29, 1.82) is 0 Å². The van der Waals surface area contributed by atoms with Gasteiger partial charge in [0.05, 0.1) is 36.4 Å². The van der Waals surface area contributed by atoms with Crippen molar-refractivity contribution in [1.82, 2.24) is 4.98 Å². The van der Waals surface area contributed by atoms with Gasteiger partial charge in [-0.1, -0.05) is 18.2 Å². The monoisotopic (exact) mass is 565 g/mol. The SMILES string of the molecule is COc1ccccc1[C@H](CN1c2sc(-c3ncco3)c(C)c2C(=O)[C@]2(C[C@H](C(N)=O)C2)C1=O)OC1CCOCC1. The molecule has 1 aliphatic carbocycles. The highest BCUT2D eigenvalue weighted by molar-refractivity contribution is 7.20. The molecule has 1 saturated carbocycles. The van der Waals surface area contributed by atoms with E-state index in [2.05, 4.69) is 4.98 Å². The van der Waals surface area contributed by atoms with Crippen LogP contribution in [0.25, 0.3) is 10.8 Å². The third-order valence-electron chi connectivity index (χ3n) is 8.27. The summed E-state index contributed by atoms with van der Waals surface area (Å²) in [5.41, 5.74) is 6.19. The molecule has 1 saturated heterocycles. The number of nitrogens with zero attached hydrogens (tertiary/aromatic N) is 2. The lowest BCUT2D eigenvalue weighted by molar-refractivity contribution is -0.139. The first-order chi connectivity index (χ1) is 19.3. The Hall–Kier alpha value is -3.54. The van der Waals surface area contributed by atoms with Crippen molar-refractivity contribution in [3.8, 4) is 16.5 Å². The number of aromatic nitrogens is 1. The average Bonchev–Trinajstić information content (AvgIpc) is 3.58. The fourth-order valence-electron chi connectivity index (χ4n) is 6.05. The van der Waals surface area contributed by atoms with Gasteiger partial charge in [0, 0.05) is 24.7 Å². The van der Waals surface area contributed by atoms with Crippen LogP contribution in [0.3, 0.4) is 0 Å².